The highest BCUT2D eigenvalue weighted by Crippen LogP contribution is 2.28. The smallest absolute Gasteiger partial charge is 0.0459 e. The Morgan fingerprint density at radius 2 is 1.31 bits per heavy atom. The summed E-state index contributed by atoms with van der Waals surface area (Å²) in [5.41, 5.74) is 0.835. The number of aliphatic hydroxyl groups excluding tert-OH is 1. The van der Waals surface area contributed by atoms with Gasteiger partial charge in [-0.2, -0.15) is 0 Å². The third-order valence-corrected chi connectivity index (χ3v) is 3.10. The average Bonchev–Trinajstić information content (AvgIpc) is 2.07. The monoisotopic (exact) mass is 228 g/mol. The van der Waals surface area contributed by atoms with Gasteiger partial charge in [0.15, 0.2) is 0 Å². The minimum atomic E-state index is 0.361. The van der Waals surface area contributed by atoms with Crippen LogP contribution < -0.4 is 0 Å². The minimum Gasteiger partial charge on any atom is -0.396 e. The molecule has 0 heterocycles. The molecule has 0 aliphatic carbocycles. The summed E-state index contributed by atoms with van der Waals surface area (Å²) in [6.07, 6.45) is 6.08. The van der Waals surface area contributed by atoms with E-state index in [-0.39, 0.29) is 0 Å². The molecule has 0 aliphatic heterocycles. The molecule has 0 fully saturated rings. The molecule has 16 heavy (non-hydrogen) atoms. The molecule has 98 valence electrons. The van der Waals surface area contributed by atoms with Gasteiger partial charge in [0.1, 0.15) is 0 Å². The second kappa shape index (κ2) is 6.64. The maximum Gasteiger partial charge on any atom is 0.0459 e. The second-order valence-electron chi connectivity index (χ2n) is 7.60. The molecule has 0 bridgehead atoms. The lowest BCUT2D eigenvalue weighted by Gasteiger charge is -2.23. The van der Waals surface area contributed by atoms with E-state index in [1.807, 2.05) is 0 Å². The van der Waals surface area contributed by atoms with Gasteiger partial charge in [-0.3, -0.25) is 0 Å². The number of hydrogen-bond donors (Lipinski definition) is 1. The van der Waals surface area contributed by atoms with Crippen molar-refractivity contribution < 1.29 is 5.11 Å². The maximum atomic E-state index is 9.35. The highest BCUT2D eigenvalue weighted by atomic mass is 16.3. The van der Waals surface area contributed by atoms with Crippen LogP contribution in [0, 0.1) is 16.7 Å². The molecule has 0 rings (SSSR count). The van der Waals surface area contributed by atoms with Gasteiger partial charge in [0.25, 0.3) is 0 Å². The van der Waals surface area contributed by atoms with Crippen LogP contribution in [0.5, 0.6) is 0 Å². The zero-order valence-electron chi connectivity index (χ0n) is 12.3. The van der Waals surface area contributed by atoms with E-state index in [1.165, 1.54) is 32.1 Å². The van der Waals surface area contributed by atoms with Crippen molar-refractivity contribution in [1.29, 1.82) is 0 Å². The highest BCUT2D eigenvalue weighted by molar-refractivity contribution is 4.68. The predicted molar refractivity (Wildman–Crippen MR) is 72.6 cm³/mol. The molecule has 0 saturated heterocycles. The van der Waals surface area contributed by atoms with E-state index in [1.54, 1.807) is 0 Å². The van der Waals surface area contributed by atoms with Gasteiger partial charge in [0.2, 0.25) is 0 Å². The largest absolute Gasteiger partial charge is 0.396 e. The average molecular weight is 228 g/mol. The Hall–Kier alpha value is -0.0400. The fourth-order valence-corrected chi connectivity index (χ4v) is 1.89. The zero-order chi connectivity index (χ0) is 12.8. The predicted octanol–water partition coefficient (Wildman–Crippen LogP) is 4.64. The third-order valence-electron chi connectivity index (χ3n) is 3.10. The minimum absolute atomic E-state index is 0.361. The van der Waals surface area contributed by atoms with Crippen molar-refractivity contribution in [3.63, 3.8) is 0 Å². The maximum absolute atomic E-state index is 9.35. The van der Waals surface area contributed by atoms with Crippen LogP contribution in [0.15, 0.2) is 0 Å². The van der Waals surface area contributed by atoms with Crippen LogP contribution in [-0.4, -0.2) is 11.7 Å². The molecule has 0 aliphatic rings. The molecular formula is C15H32O. The number of rotatable bonds is 6. The molecule has 0 unspecified atom stereocenters. The van der Waals surface area contributed by atoms with Gasteiger partial charge in [-0.25, -0.2) is 0 Å². The molecule has 0 aromatic heterocycles. The molecule has 1 heteroatoms. The van der Waals surface area contributed by atoms with Crippen LogP contribution in [0.1, 0.15) is 73.6 Å². The first kappa shape index (κ1) is 16.0. The SMILES string of the molecule is CC(C)(C)CCC[C@H](CO)CCC(C)(C)C. The van der Waals surface area contributed by atoms with E-state index < -0.39 is 0 Å². The lowest BCUT2D eigenvalue weighted by atomic mass is 9.83. The van der Waals surface area contributed by atoms with E-state index in [2.05, 4.69) is 41.5 Å². The quantitative estimate of drug-likeness (QED) is 0.702. The molecule has 0 spiro atoms. The van der Waals surface area contributed by atoms with Crippen molar-refractivity contribution in [3.05, 3.63) is 0 Å². The summed E-state index contributed by atoms with van der Waals surface area (Å²) in [6, 6.07) is 0. The summed E-state index contributed by atoms with van der Waals surface area (Å²) in [5.74, 6) is 0.515. The lowest BCUT2D eigenvalue weighted by Crippen LogP contribution is -2.13. The first-order chi connectivity index (χ1) is 7.14. The Morgan fingerprint density at radius 1 is 0.812 bits per heavy atom. The van der Waals surface area contributed by atoms with Crippen molar-refractivity contribution in [2.75, 3.05) is 6.61 Å². The van der Waals surface area contributed by atoms with Crippen LogP contribution in [0.25, 0.3) is 0 Å². The summed E-state index contributed by atoms with van der Waals surface area (Å²) in [5, 5.41) is 9.35. The van der Waals surface area contributed by atoms with E-state index in [0.29, 0.717) is 23.4 Å². The van der Waals surface area contributed by atoms with Crippen molar-refractivity contribution in [1.82, 2.24) is 0 Å². The molecular weight excluding hydrogens is 196 g/mol. The van der Waals surface area contributed by atoms with Gasteiger partial charge in [0.05, 0.1) is 0 Å². The first-order valence-corrected chi connectivity index (χ1v) is 6.75. The van der Waals surface area contributed by atoms with E-state index >= 15 is 0 Å². The Kier molecular flexibility index (Phi) is 6.62. The number of hydrogen-bond acceptors (Lipinski definition) is 1. The molecule has 0 aromatic rings. The highest BCUT2D eigenvalue weighted by Gasteiger charge is 2.16. The van der Waals surface area contributed by atoms with E-state index in [4.69, 9.17) is 0 Å². The van der Waals surface area contributed by atoms with Crippen molar-refractivity contribution in [3.8, 4) is 0 Å². The van der Waals surface area contributed by atoms with Gasteiger partial charge < -0.3 is 5.11 Å². The van der Waals surface area contributed by atoms with Gasteiger partial charge >= 0.3 is 0 Å². The van der Waals surface area contributed by atoms with Crippen LogP contribution in [-0.2, 0) is 0 Å². The first-order valence-electron chi connectivity index (χ1n) is 6.75. The zero-order valence-corrected chi connectivity index (χ0v) is 12.3. The fourth-order valence-electron chi connectivity index (χ4n) is 1.89. The van der Waals surface area contributed by atoms with Crippen LogP contribution in [0.4, 0.5) is 0 Å². The third kappa shape index (κ3) is 10.5. The van der Waals surface area contributed by atoms with Gasteiger partial charge in [-0.1, -0.05) is 48.0 Å². The molecule has 1 nitrogen and oxygen atoms in total. The summed E-state index contributed by atoms with van der Waals surface area (Å²) < 4.78 is 0. The summed E-state index contributed by atoms with van der Waals surface area (Å²) in [6.45, 7) is 14.0. The molecule has 1 N–H and O–H groups in total. The van der Waals surface area contributed by atoms with Gasteiger partial charge in [0, 0.05) is 6.61 Å². The van der Waals surface area contributed by atoms with Crippen LogP contribution >= 0.6 is 0 Å². The van der Waals surface area contributed by atoms with E-state index in [0.717, 1.165) is 0 Å². The van der Waals surface area contributed by atoms with E-state index in [9.17, 15) is 5.11 Å². The summed E-state index contributed by atoms with van der Waals surface area (Å²) >= 11 is 0. The van der Waals surface area contributed by atoms with Crippen LogP contribution in [0.3, 0.4) is 0 Å². The topological polar surface area (TPSA) is 20.2 Å². The Bertz CT molecular complexity index is 171. The Balaban J connectivity index is 3.76. The lowest BCUT2D eigenvalue weighted by molar-refractivity contribution is 0.185. The van der Waals surface area contributed by atoms with Crippen molar-refractivity contribution in [2.24, 2.45) is 16.7 Å². The summed E-state index contributed by atoms with van der Waals surface area (Å²) in [7, 11) is 0. The van der Waals surface area contributed by atoms with Crippen molar-refractivity contribution in [2.45, 2.75) is 73.6 Å². The fraction of sp³-hybridized carbons (Fsp3) is 1.00. The van der Waals surface area contributed by atoms with Gasteiger partial charge in [-0.15, -0.1) is 0 Å². The Labute approximate surface area is 103 Å². The molecule has 0 saturated carbocycles. The number of aliphatic hydroxyl groups is 1. The second-order valence-corrected chi connectivity index (χ2v) is 7.60. The molecule has 0 aromatic carbocycles. The van der Waals surface area contributed by atoms with Crippen LogP contribution in [0.2, 0.25) is 0 Å². The standard InChI is InChI=1S/C15H32O/c1-14(2,3)10-7-8-13(12-16)9-11-15(4,5)6/h13,16H,7-12H2,1-6H3/t13-/m0/s1. The van der Waals surface area contributed by atoms with Gasteiger partial charge in [-0.05, 0) is 42.4 Å². The molecule has 0 amide bonds. The van der Waals surface area contributed by atoms with Crippen molar-refractivity contribution >= 4 is 0 Å². The molecule has 1 atom stereocenters. The molecule has 0 radical (unpaired) electrons. The summed E-state index contributed by atoms with van der Waals surface area (Å²) in [4.78, 5) is 0. The Morgan fingerprint density at radius 3 is 1.69 bits per heavy atom. The normalized spacial score (nSPS) is 15.2.